The second kappa shape index (κ2) is 4.94. The molecule has 0 bridgehead atoms. The Morgan fingerprint density at radius 2 is 1.22 bits per heavy atom. The number of halogens is 3. The van der Waals surface area contributed by atoms with Gasteiger partial charge in [0.05, 0.1) is 0 Å². The standard InChI is InChI=1S/C13H10F3NS/c14-13(15,16)18-12-7-3-10(4-8-12)9-1-5-11(17)6-2-9/h1-8H,17H2. The van der Waals surface area contributed by atoms with Crippen molar-refractivity contribution in [2.24, 2.45) is 0 Å². The van der Waals surface area contributed by atoms with Gasteiger partial charge in [-0.25, -0.2) is 0 Å². The van der Waals surface area contributed by atoms with Crippen LogP contribution in [0.1, 0.15) is 0 Å². The average molecular weight is 269 g/mol. The van der Waals surface area contributed by atoms with Crippen LogP contribution in [0.2, 0.25) is 0 Å². The van der Waals surface area contributed by atoms with E-state index in [0.29, 0.717) is 5.69 Å². The van der Waals surface area contributed by atoms with Crippen molar-refractivity contribution in [3.05, 3.63) is 48.5 Å². The number of nitrogens with two attached hydrogens (primary N) is 1. The average Bonchev–Trinajstić information content (AvgIpc) is 2.29. The fourth-order valence-electron chi connectivity index (χ4n) is 1.52. The lowest BCUT2D eigenvalue weighted by Gasteiger charge is -2.07. The van der Waals surface area contributed by atoms with Gasteiger partial charge in [0.15, 0.2) is 0 Å². The van der Waals surface area contributed by atoms with Crippen LogP contribution in [0.15, 0.2) is 53.4 Å². The number of rotatable bonds is 2. The lowest BCUT2D eigenvalue weighted by molar-refractivity contribution is -0.0328. The summed E-state index contributed by atoms with van der Waals surface area (Å²) < 4.78 is 36.5. The summed E-state index contributed by atoms with van der Waals surface area (Å²) in [7, 11) is 0. The lowest BCUT2D eigenvalue weighted by Crippen LogP contribution is -1.98. The Morgan fingerprint density at radius 1 is 0.778 bits per heavy atom. The van der Waals surface area contributed by atoms with Crippen LogP contribution in [-0.4, -0.2) is 5.51 Å². The molecular weight excluding hydrogens is 259 g/mol. The molecule has 2 aromatic rings. The Morgan fingerprint density at radius 3 is 1.67 bits per heavy atom. The van der Waals surface area contributed by atoms with Crippen LogP contribution in [0.4, 0.5) is 18.9 Å². The van der Waals surface area contributed by atoms with Crippen molar-refractivity contribution in [3.8, 4) is 11.1 Å². The van der Waals surface area contributed by atoms with Crippen molar-refractivity contribution in [1.29, 1.82) is 0 Å². The van der Waals surface area contributed by atoms with Gasteiger partial charge in [0.2, 0.25) is 0 Å². The second-order valence-corrected chi connectivity index (χ2v) is 4.83. The highest BCUT2D eigenvalue weighted by atomic mass is 32.2. The molecule has 0 saturated carbocycles. The molecule has 5 heteroatoms. The van der Waals surface area contributed by atoms with E-state index in [1.54, 1.807) is 24.3 Å². The Hall–Kier alpha value is -1.62. The third-order valence-corrected chi connectivity index (χ3v) is 3.07. The third kappa shape index (κ3) is 3.43. The minimum atomic E-state index is -4.25. The third-order valence-electron chi connectivity index (χ3n) is 2.33. The van der Waals surface area contributed by atoms with Crippen LogP contribution in [0.3, 0.4) is 0 Å². The molecule has 0 saturated heterocycles. The van der Waals surface area contributed by atoms with Gasteiger partial charge in [-0.1, -0.05) is 24.3 Å². The molecule has 0 aliphatic carbocycles. The molecule has 0 fully saturated rings. The first kappa shape index (κ1) is 12.8. The fraction of sp³-hybridized carbons (Fsp3) is 0.0769. The Labute approximate surface area is 107 Å². The van der Waals surface area contributed by atoms with Crippen LogP contribution in [0.5, 0.6) is 0 Å². The maximum Gasteiger partial charge on any atom is 0.446 e. The number of hydrogen-bond acceptors (Lipinski definition) is 2. The number of benzene rings is 2. The van der Waals surface area contributed by atoms with Gasteiger partial charge in [-0.15, -0.1) is 0 Å². The molecule has 0 atom stereocenters. The molecule has 0 aliphatic heterocycles. The van der Waals surface area contributed by atoms with Gasteiger partial charge in [0, 0.05) is 10.6 Å². The maximum absolute atomic E-state index is 12.2. The van der Waals surface area contributed by atoms with Gasteiger partial charge in [-0.2, -0.15) is 13.2 Å². The van der Waals surface area contributed by atoms with E-state index in [1.807, 2.05) is 12.1 Å². The summed E-state index contributed by atoms with van der Waals surface area (Å²) in [5.41, 5.74) is 3.76. The van der Waals surface area contributed by atoms with Crippen molar-refractivity contribution in [1.82, 2.24) is 0 Å². The summed E-state index contributed by atoms with van der Waals surface area (Å²) >= 11 is -0.113. The molecule has 2 aromatic carbocycles. The highest BCUT2D eigenvalue weighted by molar-refractivity contribution is 8.00. The first-order valence-corrected chi connectivity index (χ1v) is 5.97. The van der Waals surface area contributed by atoms with E-state index in [1.165, 1.54) is 12.1 Å². The molecule has 0 radical (unpaired) electrons. The Bertz CT molecular complexity index is 517. The highest BCUT2D eigenvalue weighted by Crippen LogP contribution is 2.37. The molecule has 0 unspecified atom stereocenters. The zero-order valence-electron chi connectivity index (χ0n) is 9.24. The maximum atomic E-state index is 12.2. The van der Waals surface area contributed by atoms with Crippen LogP contribution in [-0.2, 0) is 0 Å². The number of thioether (sulfide) groups is 1. The normalized spacial score (nSPS) is 11.5. The van der Waals surface area contributed by atoms with Crippen molar-refractivity contribution in [2.75, 3.05) is 5.73 Å². The van der Waals surface area contributed by atoms with Gasteiger partial charge in [0.1, 0.15) is 0 Å². The molecule has 0 spiro atoms. The number of alkyl halides is 3. The summed E-state index contributed by atoms with van der Waals surface area (Å²) in [5, 5.41) is 0. The van der Waals surface area contributed by atoms with Crippen molar-refractivity contribution >= 4 is 17.4 Å². The Balaban J connectivity index is 2.20. The molecule has 0 heterocycles. The van der Waals surface area contributed by atoms with E-state index < -0.39 is 5.51 Å². The zero-order chi connectivity index (χ0) is 13.2. The van der Waals surface area contributed by atoms with Gasteiger partial charge in [-0.05, 0) is 47.2 Å². The summed E-state index contributed by atoms with van der Waals surface area (Å²) in [5.74, 6) is 0. The summed E-state index contributed by atoms with van der Waals surface area (Å²) in [6.45, 7) is 0. The molecule has 0 amide bonds. The fourth-order valence-corrected chi connectivity index (χ4v) is 2.06. The molecular formula is C13H10F3NS. The van der Waals surface area contributed by atoms with E-state index in [4.69, 9.17) is 5.73 Å². The van der Waals surface area contributed by atoms with E-state index in [2.05, 4.69) is 0 Å². The first-order chi connectivity index (χ1) is 8.44. The van der Waals surface area contributed by atoms with E-state index in [0.717, 1.165) is 11.1 Å². The second-order valence-electron chi connectivity index (χ2n) is 3.69. The molecule has 18 heavy (non-hydrogen) atoms. The van der Waals surface area contributed by atoms with Crippen LogP contribution >= 0.6 is 11.8 Å². The topological polar surface area (TPSA) is 26.0 Å². The first-order valence-electron chi connectivity index (χ1n) is 5.16. The largest absolute Gasteiger partial charge is 0.446 e. The molecule has 94 valence electrons. The molecule has 1 nitrogen and oxygen atoms in total. The van der Waals surface area contributed by atoms with Gasteiger partial charge < -0.3 is 5.73 Å². The molecule has 2 rings (SSSR count). The van der Waals surface area contributed by atoms with Crippen LogP contribution in [0.25, 0.3) is 11.1 Å². The molecule has 2 N–H and O–H groups in total. The molecule has 0 aromatic heterocycles. The number of anilines is 1. The SMILES string of the molecule is Nc1ccc(-c2ccc(SC(F)(F)F)cc2)cc1. The Kier molecular flexibility index (Phi) is 3.52. The van der Waals surface area contributed by atoms with Crippen molar-refractivity contribution < 1.29 is 13.2 Å². The highest BCUT2D eigenvalue weighted by Gasteiger charge is 2.28. The van der Waals surface area contributed by atoms with Gasteiger partial charge >= 0.3 is 5.51 Å². The lowest BCUT2D eigenvalue weighted by atomic mass is 10.1. The van der Waals surface area contributed by atoms with E-state index in [9.17, 15) is 13.2 Å². The van der Waals surface area contributed by atoms with E-state index >= 15 is 0 Å². The predicted octanol–water partition coefficient (Wildman–Crippen LogP) is 4.55. The van der Waals surface area contributed by atoms with Crippen LogP contribution < -0.4 is 5.73 Å². The van der Waals surface area contributed by atoms with Crippen LogP contribution in [0, 0.1) is 0 Å². The van der Waals surface area contributed by atoms with Gasteiger partial charge in [-0.3, -0.25) is 0 Å². The van der Waals surface area contributed by atoms with E-state index in [-0.39, 0.29) is 16.7 Å². The quantitative estimate of drug-likeness (QED) is 0.639. The number of nitrogen functional groups attached to an aromatic ring is 1. The molecule has 0 aliphatic rings. The van der Waals surface area contributed by atoms with Gasteiger partial charge in [0.25, 0.3) is 0 Å². The monoisotopic (exact) mass is 269 g/mol. The number of hydrogen-bond donors (Lipinski definition) is 1. The van der Waals surface area contributed by atoms with Crippen molar-refractivity contribution in [3.63, 3.8) is 0 Å². The summed E-state index contributed by atoms with van der Waals surface area (Å²) in [6.07, 6.45) is 0. The minimum Gasteiger partial charge on any atom is -0.399 e. The summed E-state index contributed by atoms with van der Waals surface area (Å²) in [4.78, 5) is 0.182. The summed E-state index contributed by atoms with van der Waals surface area (Å²) in [6, 6.07) is 13.4. The van der Waals surface area contributed by atoms with Crippen molar-refractivity contribution in [2.45, 2.75) is 10.4 Å². The smallest absolute Gasteiger partial charge is 0.399 e. The minimum absolute atomic E-state index is 0.113. The zero-order valence-corrected chi connectivity index (χ0v) is 10.1. The predicted molar refractivity (Wildman–Crippen MR) is 68.2 cm³/mol.